The first-order valence-corrected chi connectivity index (χ1v) is 11.1. The molecule has 4 rings (SSSR count). The number of carbonyl (C=O) groups excluding carboxylic acids is 3. The van der Waals surface area contributed by atoms with E-state index in [1.54, 1.807) is 36.4 Å². The van der Waals surface area contributed by atoms with Crippen molar-refractivity contribution in [1.82, 2.24) is 10.6 Å². The summed E-state index contributed by atoms with van der Waals surface area (Å²) in [5, 5.41) is 14.1. The van der Waals surface area contributed by atoms with Gasteiger partial charge in [0, 0.05) is 35.2 Å². The SMILES string of the molecule is Cc1cccc(NC(=O)Nc2cccc(CNC(=O)c3cccc(NC(=O)NC4CC4)c3)c2)c1. The van der Waals surface area contributed by atoms with E-state index in [0.29, 0.717) is 22.6 Å². The van der Waals surface area contributed by atoms with Gasteiger partial charge in [0.25, 0.3) is 5.91 Å². The molecule has 8 heteroatoms. The van der Waals surface area contributed by atoms with Gasteiger partial charge in [-0.2, -0.15) is 0 Å². The van der Waals surface area contributed by atoms with Crippen LogP contribution in [-0.4, -0.2) is 24.0 Å². The minimum absolute atomic E-state index is 0.255. The topological polar surface area (TPSA) is 111 Å². The fraction of sp³-hybridized carbons (Fsp3) is 0.192. The molecule has 0 atom stereocenters. The number of rotatable bonds is 7. The Kier molecular flexibility index (Phi) is 7.07. The number of benzene rings is 3. The van der Waals surface area contributed by atoms with Crippen LogP contribution in [0.5, 0.6) is 0 Å². The third-order valence-corrected chi connectivity index (χ3v) is 5.21. The molecule has 0 unspecified atom stereocenters. The van der Waals surface area contributed by atoms with Crippen LogP contribution >= 0.6 is 0 Å². The van der Waals surface area contributed by atoms with Crippen molar-refractivity contribution in [3.05, 3.63) is 89.5 Å². The first-order valence-electron chi connectivity index (χ1n) is 11.1. The van der Waals surface area contributed by atoms with Crippen LogP contribution in [0.15, 0.2) is 72.8 Å². The lowest BCUT2D eigenvalue weighted by Crippen LogP contribution is -2.30. The fourth-order valence-electron chi connectivity index (χ4n) is 3.38. The maximum absolute atomic E-state index is 12.6. The van der Waals surface area contributed by atoms with Crippen LogP contribution in [0.4, 0.5) is 26.7 Å². The molecule has 1 fully saturated rings. The number of urea groups is 2. The Morgan fingerprint density at radius 2 is 1.38 bits per heavy atom. The second-order valence-electron chi connectivity index (χ2n) is 8.29. The Morgan fingerprint density at radius 1 is 0.765 bits per heavy atom. The third-order valence-electron chi connectivity index (χ3n) is 5.21. The summed E-state index contributed by atoms with van der Waals surface area (Å²) in [5.41, 5.74) is 4.21. The predicted octanol–water partition coefficient (Wildman–Crippen LogP) is 4.85. The van der Waals surface area contributed by atoms with E-state index in [1.165, 1.54) is 0 Å². The third kappa shape index (κ3) is 6.83. The number of anilines is 3. The number of hydrogen-bond acceptors (Lipinski definition) is 3. The van der Waals surface area contributed by atoms with Gasteiger partial charge in [-0.25, -0.2) is 9.59 Å². The van der Waals surface area contributed by atoms with Crippen LogP contribution < -0.4 is 26.6 Å². The highest BCUT2D eigenvalue weighted by atomic mass is 16.2. The van der Waals surface area contributed by atoms with Gasteiger partial charge in [-0.15, -0.1) is 0 Å². The summed E-state index contributed by atoms with van der Waals surface area (Å²) >= 11 is 0. The molecule has 0 aliphatic heterocycles. The van der Waals surface area contributed by atoms with Crippen LogP contribution in [0.1, 0.15) is 34.3 Å². The van der Waals surface area contributed by atoms with Gasteiger partial charge in [-0.1, -0.05) is 30.3 Å². The minimum atomic E-state index is -0.346. The standard InChI is InChI=1S/C26H27N5O3/c1-17-5-2-8-21(13-17)29-26(34)30-22-9-3-6-18(14-22)16-27-24(32)19-7-4-10-23(15-19)31-25(33)28-20-11-12-20/h2-10,13-15,20H,11-12,16H2,1H3,(H,27,32)(H2,28,31,33)(H2,29,30,34). The Labute approximate surface area is 198 Å². The second kappa shape index (κ2) is 10.5. The molecule has 5 amide bonds. The van der Waals surface area contributed by atoms with Gasteiger partial charge in [0.15, 0.2) is 0 Å². The lowest BCUT2D eigenvalue weighted by molar-refractivity contribution is 0.0951. The molecule has 8 nitrogen and oxygen atoms in total. The summed E-state index contributed by atoms with van der Waals surface area (Å²) < 4.78 is 0. The van der Waals surface area contributed by atoms with E-state index >= 15 is 0 Å². The molecule has 1 aliphatic rings. The van der Waals surface area contributed by atoms with E-state index in [1.807, 2.05) is 43.3 Å². The average Bonchev–Trinajstić information content (AvgIpc) is 3.61. The van der Waals surface area contributed by atoms with Crippen molar-refractivity contribution in [3.63, 3.8) is 0 Å². The van der Waals surface area contributed by atoms with Gasteiger partial charge in [0.05, 0.1) is 0 Å². The maximum Gasteiger partial charge on any atom is 0.323 e. The Balaban J connectivity index is 1.30. The van der Waals surface area contributed by atoms with Crippen LogP contribution in [0.2, 0.25) is 0 Å². The first kappa shape index (κ1) is 22.8. The number of nitrogens with one attached hydrogen (secondary N) is 5. The number of carbonyl (C=O) groups is 3. The van der Waals surface area contributed by atoms with Crippen molar-refractivity contribution < 1.29 is 14.4 Å². The molecular weight excluding hydrogens is 430 g/mol. The van der Waals surface area contributed by atoms with E-state index in [4.69, 9.17) is 0 Å². The number of hydrogen-bond donors (Lipinski definition) is 5. The normalized spacial score (nSPS) is 12.4. The summed E-state index contributed by atoms with van der Waals surface area (Å²) in [5.74, 6) is -0.262. The molecule has 0 heterocycles. The van der Waals surface area contributed by atoms with Crippen molar-refractivity contribution in [3.8, 4) is 0 Å². The smallest absolute Gasteiger partial charge is 0.323 e. The molecule has 0 radical (unpaired) electrons. The van der Waals surface area contributed by atoms with Gasteiger partial charge in [0.1, 0.15) is 0 Å². The number of aryl methyl sites for hydroxylation is 1. The van der Waals surface area contributed by atoms with Crippen molar-refractivity contribution in [2.24, 2.45) is 0 Å². The highest BCUT2D eigenvalue weighted by Gasteiger charge is 2.23. The predicted molar refractivity (Wildman–Crippen MR) is 133 cm³/mol. The zero-order valence-electron chi connectivity index (χ0n) is 18.9. The zero-order chi connectivity index (χ0) is 23.9. The van der Waals surface area contributed by atoms with E-state index in [2.05, 4.69) is 26.6 Å². The highest BCUT2D eigenvalue weighted by molar-refractivity contribution is 6.00. The Morgan fingerprint density at radius 3 is 2.09 bits per heavy atom. The van der Waals surface area contributed by atoms with Crippen LogP contribution in [0, 0.1) is 6.92 Å². The van der Waals surface area contributed by atoms with Crippen molar-refractivity contribution in [2.75, 3.05) is 16.0 Å². The molecule has 5 N–H and O–H groups in total. The quantitative estimate of drug-likeness (QED) is 0.350. The van der Waals surface area contributed by atoms with Crippen molar-refractivity contribution >= 4 is 35.0 Å². The lowest BCUT2D eigenvalue weighted by Gasteiger charge is -2.11. The molecule has 1 saturated carbocycles. The van der Waals surface area contributed by atoms with Gasteiger partial charge >= 0.3 is 12.1 Å². The molecule has 0 aromatic heterocycles. The van der Waals surface area contributed by atoms with E-state index < -0.39 is 0 Å². The van der Waals surface area contributed by atoms with Crippen molar-refractivity contribution in [2.45, 2.75) is 32.4 Å². The molecule has 0 bridgehead atoms. The van der Waals surface area contributed by atoms with Gasteiger partial charge in [-0.05, 0) is 73.4 Å². The van der Waals surface area contributed by atoms with Crippen LogP contribution in [-0.2, 0) is 6.54 Å². The molecule has 1 aliphatic carbocycles. The summed E-state index contributed by atoms with van der Waals surface area (Å²) in [6.45, 7) is 2.24. The second-order valence-corrected chi connectivity index (χ2v) is 8.29. The Bertz CT molecular complexity index is 1210. The largest absolute Gasteiger partial charge is 0.348 e. The monoisotopic (exact) mass is 457 g/mol. The van der Waals surface area contributed by atoms with E-state index in [0.717, 1.165) is 24.0 Å². The van der Waals surface area contributed by atoms with E-state index in [-0.39, 0.29) is 30.6 Å². The molecule has 174 valence electrons. The average molecular weight is 458 g/mol. The molecule has 0 spiro atoms. The van der Waals surface area contributed by atoms with Crippen LogP contribution in [0.25, 0.3) is 0 Å². The lowest BCUT2D eigenvalue weighted by atomic mass is 10.1. The van der Waals surface area contributed by atoms with Gasteiger partial charge in [0.2, 0.25) is 0 Å². The van der Waals surface area contributed by atoms with Crippen molar-refractivity contribution in [1.29, 1.82) is 0 Å². The molecule has 3 aromatic rings. The first-order chi connectivity index (χ1) is 16.4. The van der Waals surface area contributed by atoms with Crippen LogP contribution in [0.3, 0.4) is 0 Å². The molecular formula is C26H27N5O3. The minimum Gasteiger partial charge on any atom is -0.348 e. The van der Waals surface area contributed by atoms with E-state index in [9.17, 15) is 14.4 Å². The molecule has 3 aromatic carbocycles. The summed E-state index contributed by atoms with van der Waals surface area (Å²) in [6, 6.07) is 21.2. The summed E-state index contributed by atoms with van der Waals surface area (Å²) in [4.78, 5) is 36.8. The highest BCUT2D eigenvalue weighted by Crippen LogP contribution is 2.19. The Hall–Kier alpha value is -4.33. The summed E-state index contributed by atoms with van der Waals surface area (Å²) in [6.07, 6.45) is 2.01. The maximum atomic E-state index is 12.6. The summed E-state index contributed by atoms with van der Waals surface area (Å²) in [7, 11) is 0. The zero-order valence-corrected chi connectivity index (χ0v) is 18.9. The molecule has 34 heavy (non-hydrogen) atoms. The fourth-order valence-corrected chi connectivity index (χ4v) is 3.38. The van der Waals surface area contributed by atoms with Gasteiger partial charge < -0.3 is 26.6 Å². The molecule has 0 saturated heterocycles. The van der Waals surface area contributed by atoms with Gasteiger partial charge in [-0.3, -0.25) is 4.79 Å². The number of amides is 5.